The molecule has 3 aromatic carbocycles. The van der Waals surface area contributed by atoms with Crippen LogP contribution >= 0.6 is 0 Å². The van der Waals surface area contributed by atoms with Crippen molar-refractivity contribution in [3.63, 3.8) is 0 Å². The first-order chi connectivity index (χ1) is 19.7. The number of hydrogen-bond donors (Lipinski definition) is 0. The molecular weight excluding hydrogens is 512 g/mol. The van der Waals surface area contributed by atoms with Crippen LogP contribution in [0.4, 0.5) is 0 Å². The van der Waals surface area contributed by atoms with Gasteiger partial charge in [-0.1, -0.05) is 30.3 Å². The molecule has 1 aliphatic rings. The zero-order chi connectivity index (χ0) is 28.7. The lowest BCUT2D eigenvalue weighted by Gasteiger charge is -2.30. The molecule has 1 aliphatic heterocycles. The average Bonchev–Trinajstić information content (AvgIpc) is 2.95. The zero-order valence-electron chi connectivity index (χ0n) is 24.2. The summed E-state index contributed by atoms with van der Waals surface area (Å²) in [6, 6.07) is 22.1. The van der Waals surface area contributed by atoms with E-state index in [4.69, 9.17) is 24.2 Å². The highest BCUT2D eigenvalue weighted by Gasteiger charge is 2.31. The molecule has 2 aromatic heterocycles. The lowest BCUT2D eigenvalue weighted by molar-refractivity contribution is -0.138. The van der Waals surface area contributed by atoms with Crippen molar-refractivity contribution >= 4 is 27.6 Å². The van der Waals surface area contributed by atoms with Gasteiger partial charge in [-0.15, -0.1) is 0 Å². The van der Waals surface area contributed by atoms with Crippen molar-refractivity contribution in [1.29, 1.82) is 0 Å². The molecular formula is C35H34N2O4. The summed E-state index contributed by atoms with van der Waals surface area (Å²) in [5.74, 6) is 1.32. The van der Waals surface area contributed by atoms with Crippen molar-refractivity contribution in [1.82, 2.24) is 9.97 Å². The Morgan fingerprint density at radius 3 is 2.61 bits per heavy atom. The first kappa shape index (κ1) is 26.9. The van der Waals surface area contributed by atoms with Crippen LogP contribution in [-0.2, 0) is 22.6 Å². The van der Waals surface area contributed by atoms with Crippen molar-refractivity contribution in [3.8, 4) is 22.8 Å². The van der Waals surface area contributed by atoms with Crippen LogP contribution in [0.25, 0.3) is 32.9 Å². The SMILES string of the molecule is CC(=O)C(OC(C)(C)C)c1c(C)cc2nc(OCc3ccccc3)ccc2c1-c1ccc2c3c(ccnc13)CCO2. The van der Waals surface area contributed by atoms with E-state index in [1.807, 2.05) is 94.6 Å². The summed E-state index contributed by atoms with van der Waals surface area (Å²) < 4.78 is 18.5. The van der Waals surface area contributed by atoms with Gasteiger partial charge in [-0.25, -0.2) is 4.98 Å². The molecule has 1 atom stereocenters. The summed E-state index contributed by atoms with van der Waals surface area (Å²) in [5, 5.41) is 1.92. The van der Waals surface area contributed by atoms with Gasteiger partial charge in [-0.05, 0) is 92.8 Å². The first-order valence-corrected chi connectivity index (χ1v) is 14.0. The van der Waals surface area contributed by atoms with E-state index in [2.05, 4.69) is 6.07 Å². The number of ketones is 1. The number of benzene rings is 3. The number of carbonyl (C=O) groups excluding carboxylic acids is 1. The second kappa shape index (κ2) is 10.6. The summed E-state index contributed by atoms with van der Waals surface area (Å²) in [7, 11) is 0. The maximum Gasteiger partial charge on any atom is 0.214 e. The molecule has 0 spiro atoms. The molecule has 0 N–H and O–H groups in total. The molecule has 1 unspecified atom stereocenters. The van der Waals surface area contributed by atoms with Crippen molar-refractivity contribution < 1.29 is 19.0 Å². The second-order valence-corrected chi connectivity index (χ2v) is 11.6. The van der Waals surface area contributed by atoms with Crippen LogP contribution in [-0.4, -0.2) is 28.0 Å². The smallest absolute Gasteiger partial charge is 0.214 e. The van der Waals surface area contributed by atoms with Crippen LogP contribution in [0.5, 0.6) is 11.6 Å². The van der Waals surface area contributed by atoms with Gasteiger partial charge in [0.25, 0.3) is 0 Å². The minimum absolute atomic E-state index is 0.0570. The quantitative estimate of drug-likeness (QED) is 0.208. The molecule has 0 bridgehead atoms. The van der Waals surface area contributed by atoms with E-state index in [0.717, 1.165) is 61.8 Å². The summed E-state index contributed by atoms with van der Waals surface area (Å²) in [5.41, 5.74) is 6.94. The Bertz CT molecular complexity index is 1760. The third-order valence-corrected chi connectivity index (χ3v) is 7.39. The fourth-order valence-electron chi connectivity index (χ4n) is 5.64. The molecule has 208 valence electrons. The number of aryl methyl sites for hydroxylation is 1. The van der Waals surface area contributed by atoms with Gasteiger partial charge in [0.15, 0.2) is 5.78 Å². The molecule has 0 saturated heterocycles. The molecule has 41 heavy (non-hydrogen) atoms. The minimum Gasteiger partial charge on any atom is -0.493 e. The van der Waals surface area contributed by atoms with E-state index in [-0.39, 0.29) is 5.78 Å². The monoisotopic (exact) mass is 546 g/mol. The fraction of sp³-hybridized carbons (Fsp3) is 0.286. The van der Waals surface area contributed by atoms with E-state index < -0.39 is 11.7 Å². The van der Waals surface area contributed by atoms with Crippen LogP contribution in [0.2, 0.25) is 0 Å². The number of pyridine rings is 2. The van der Waals surface area contributed by atoms with E-state index in [9.17, 15) is 4.79 Å². The Kier molecular flexibility index (Phi) is 6.96. The van der Waals surface area contributed by atoms with Crippen LogP contribution in [0.3, 0.4) is 0 Å². The molecule has 0 saturated carbocycles. The molecule has 0 fully saturated rings. The van der Waals surface area contributed by atoms with E-state index in [1.165, 1.54) is 5.56 Å². The Hall–Kier alpha value is -4.29. The first-order valence-electron chi connectivity index (χ1n) is 14.0. The highest BCUT2D eigenvalue weighted by atomic mass is 16.5. The van der Waals surface area contributed by atoms with E-state index >= 15 is 0 Å². The van der Waals surface area contributed by atoms with Crippen molar-refractivity contribution in [2.75, 3.05) is 6.61 Å². The molecule has 3 heterocycles. The second-order valence-electron chi connectivity index (χ2n) is 11.6. The Balaban J connectivity index is 1.59. The number of fused-ring (bicyclic) bond motifs is 1. The topological polar surface area (TPSA) is 70.5 Å². The average molecular weight is 547 g/mol. The summed E-state index contributed by atoms with van der Waals surface area (Å²) in [6.45, 7) is 10.6. The largest absolute Gasteiger partial charge is 0.493 e. The van der Waals surface area contributed by atoms with Crippen LogP contribution in [0, 0.1) is 6.92 Å². The maximum absolute atomic E-state index is 13.2. The predicted molar refractivity (Wildman–Crippen MR) is 161 cm³/mol. The number of nitrogens with zero attached hydrogens (tertiary/aromatic N) is 2. The van der Waals surface area contributed by atoms with Gasteiger partial charge in [0.2, 0.25) is 5.88 Å². The van der Waals surface area contributed by atoms with Crippen molar-refractivity contribution in [3.05, 3.63) is 95.2 Å². The van der Waals surface area contributed by atoms with Gasteiger partial charge in [0.05, 0.1) is 23.2 Å². The third kappa shape index (κ3) is 5.27. The van der Waals surface area contributed by atoms with Gasteiger partial charge < -0.3 is 14.2 Å². The lowest BCUT2D eigenvalue weighted by atomic mass is 9.86. The van der Waals surface area contributed by atoms with E-state index in [1.54, 1.807) is 6.92 Å². The Morgan fingerprint density at radius 2 is 1.85 bits per heavy atom. The van der Waals surface area contributed by atoms with Gasteiger partial charge in [-0.3, -0.25) is 9.78 Å². The van der Waals surface area contributed by atoms with E-state index in [0.29, 0.717) is 19.1 Å². The molecule has 0 aliphatic carbocycles. The molecule has 0 radical (unpaired) electrons. The van der Waals surface area contributed by atoms with Crippen LogP contribution in [0.15, 0.2) is 72.9 Å². The fourth-order valence-corrected chi connectivity index (χ4v) is 5.64. The third-order valence-electron chi connectivity index (χ3n) is 7.39. The van der Waals surface area contributed by atoms with Gasteiger partial charge in [-0.2, -0.15) is 0 Å². The summed E-state index contributed by atoms with van der Waals surface area (Å²) in [6.07, 6.45) is 1.92. The maximum atomic E-state index is 13.2. The van der Waals surface area contributed by atoms with Crippen molar-refractivity contribution in [2.45, 2.75) is 59.4 Å². The summed E-state index contributed by atoms with van der Waals surface area (Å²) in [4.78, 5) is 23.0. The number of rotatable bonds is 7. The van der Waals surface area contributed by atoms with Crippen LogP contribution < -0.4 is 9.47 Å². The predicted octanol–water partition coefficient (Wildman–Crippen LogP) is 7.72. The number of Topliss-reactive ketones (excluding diaryl/α,β-unsaturated/α-hetero) is 1. The Morgan fingerprint density at radius 1 is 1.05 bits per heavy atom. The highest BCUT2D eigenvalue weighted by molar-refractivity contribution is 6.08. The Labute approximate surface area is 240 Å². The summed E-state index contributed by atoms with van der Waals surface area (Å²) >= 11 is 0. The zero-order valence-corrected chi connectivity index (χ0v) is 24.2. The molecule has 6 heteroatoms. The highest BCUT2D eigenvalue weighted by Crippen LogP contribution is 2.45. The number of ether oxygens (including phenoxy) is 3. The molecule has 0 amide bonds. The minimum atomic E-state index is -0.759. The molecule has 6 rings (SSSR count). The van der Waals surface area contributed by atoms with Crippen molar-refractivity contribution in [2.24, 2.45) is 0 Å². The molecule has 6 nitrogen and oxygen atoms in total. The normalized spacial score (nSPS) is 13.7. The lowest BCUT2D eigenvalue weighted by Crippen LogP contribution is -2.27. The van der Waals surface area contributed by atoms with Gasteiger partial charge in [0, 0.05) is 35.0 Å². The molecule has 5 aromatic rings. The van der Waals surface area contributed by atoms with Gasteiger partial charge >= 0.3 is 0 Å². The number of hydrogen-bond acceptors (Lipinski definition) is 6. The number of carbonyl (C=O) groups is 1. The van der Waals surface area contributed by atoms with Crippen LogP contribution in [0.1, 0.15) is 56.1 Å². The van der Waals surface area contributed by atoms with Gasteiger partial charge in [0.1, 0.15) is 18.5 Å². The standard InChI is InChI=1S/C35H34N2O4/c1-21-19-27-25(12-14-29(37-27)40-20-23-9-7-6-8-10-23)32(30(21)34(22(2)38)41-35(3,4)5)26-11-13-28-31-24(16-18-39-28)15-17-36-33(26)31/h6-15,17,19,34H,16,18,20H2,1-5H3. The number of aromatic nitrogens is 2.